The van der Waals surface area contributed by atoms with Crippen molar-refractivity contribution in [3.05, 3.63) is 53.2 Å². The number of benzene rings is 1. The molecule has 0 radical (unpaired) electrons. The van der Waals surface area contributed by atoms with Crippen molar-refractivity contribution in [3.8, 4) is 11.6 Å². The minimum Gasteiger partial charge on any atom is -0.435 e. The number of nitrogens with two attached hydrogens (primary N) is 1. The third-order valence-corrected chi connectivity index (χ3v) is 2.55. The van der Waals surface area contributed by atoms with Gasteiger partial charge in [-0.2, -0.15) is 0 Å². The van der Waals surface area contributed by atoms with Crippen LogP contribution >= 0.6 is 0 Å². The number of aromatic nitrogens is 1. The van der Waals surface area contributed by atoms with Crippen molar-refractivity contribution in [2.45, 2.75) is 13.5 Å². The summed E-state index contributed by atoms with van der Waals surface area (Å²) in [4.78, 5) is 3.99. The monoisotopic (exact) mass is 250 g/mol. The van der Waals surface area contributed by atoms with Crippen molar-refractivity contribution in [3.63, 3.8) is 0 Å². The lowest BCUT2D eigenvalue weighted by Gasteiger charge is -2.11. The van der Waals surface area contributed by atoms with Gasteiger partial charge >= 0.3 is 0 Å². The average molecular weight is 250 g/mol. The zero-order valence-corrected chi connectivity index (χ0v) is 9.78. The lowest BCUT2D eigenvalue weighted by molar-refractivity contribution is 0.417. The molecule has 2 N–H and O–H groups in total. The standard InChI is InChI=1S/C13H12F2N2O/c1-8-4-5-17-13(10(8)7-16)18-12-6-9(14)2-3-11(12)15/h2-6H,7,16H2,1H3. The van der Waals surface area contributed by atoms with Gasteiger partial charge in [0.15, 0.2) is 11.6 Å². The molecule has 0 unspecified atom stereocenters. The molecule has 0 amide bonds. The lowest BCUT2D eigenvalue weighted by atomic mass is 10.1. The topological polar surface area (TPSA) is 48.1 Å². The van der Waals surface area contributed by atoms with Crippen LogP contribution in [0.4, 0.5) is 8.78 Å². The fraction of sp³-hybridized carbons (Fsp3) is 0.154. The first-order valence-corrected chi connectivity index (χ1v) is 5.39. The van der Waals surface area contributed by atoms with Crippen LogP contribution in [0.5, 0.6) is 11.6 Å². The minimum absolute atomic E-state index is 0.196. The van der Waals surface area contributed by atoms with E-state index in [1.165, 1.54) is 6.20 Å². The van der Waals surface area contributed by atoms with Gasteiger partial charge in [-0.25, -0.2) is 13.8 Å². The number of hydrogen-bond acceptors (Lipinski definition) is 3. The zero-order chi connectivity index (χ0) is 13.1. The zero-order valence-electron chi connectivity index (χ0n) is 9.78. The number of aryl methyl sites for hydroxylation is 1. The van der Waals surface area contributed by atoms with Gasteiger partial charge in [0.1, 0.15) is 5.82 Å². The minimum atomic E-state index is -0.650. The Labute approximate surface area is 103 Å². The van der Waals surface area contributed by atoms with E-state index >= 15 is 0 Å². The molecule has 2 rings (SSSR count). The number of rotatable bonds is 3. The average Bonchev–Trinajstić information content (AvgIpc) is 2.34. The molecule has 0 aliphatic rings. The summed E-state index contributed by atoms with van der Waals surface area (Å²) < 4.78 is 31.7. The molecule has 1 heterocycles. The van der Waals surface area contributed by atoms with Crippen LogP contribution in [0.2, 0.25) is 0 Å². The number of hydrogen-bond donors (Lipinski definition) is 1. The Morgan fingerprint density at radius 2 is 2.06 bits per heavy atom. The lowest BCUT2D eigenvalue weighted by Crippen LogP contribution is -2.04. The van der Waals surface area contributed by atoms with Crippen molar-refractivity contribution >= 4 is 0 Å². The van der Waals surface area contributed by atoms with E-state index in [4.69, 9.17) is 10.5 Å². The van der Waals surface area contributed by atoms with Gasteiger partial charge in [-0.3, -0.25) is 0 Å². The first-order chi connectivity index (χ1) is 8.61. The van der Waals surface area contributed by atoms with Gasteiger partial charge in [-0.1, -0.05) is 0 Å². The number of halogens is 2. The van der Waals surface area contributed by atoms with E-state index in [0.29, 0.717) is 5.56 Å². The fourth-order valence-electron chi connectivity index (χ4n) is 1.56. The van der Waals surface area contributed by atoms with Crippen molar-refractivity contribution in [2.75, 3.05) is 0 Å². The van der Waals surface area contributed by atoms with Crippen LogP contribution in [0.1, 0.15) is 11.1 Å². The second-order valence-corrected chi connectivity index (χ2v) is 3.79. The Balaban J connectivity index is 2.40. The number of nitrogens with zero attached hydrogens (tertiary/aromatic N) is 1. The number of ether oxygens (including phenoxy) is 1. The largest absolute Gasteiger partial charge is 0.435 e. The van der Waals surface area contributed by atoms with E-state index in [1.54, 1.807) is 6.07 Å². The first-order valence-electron chi connectivity index (χ1n) is 5.39. The molecule has 0 aliphatic carbocycles. The molecular weight excluding hydrogens is 238 g/mol. The van der Waals surface area contributed by atoms with Gasteiger partial charge in [-0.05, 0) is 30.7 Å². The fourth-order valence-corrected chi connectivity index (χ4v) is 1.56. The molecule has 0 saturated carbocycles. The summed E-state index contributed by atoms with van der Waals surface area (Å²) in [6.45, 7) is 2.06. The first kappa shape index (κ1) is 12.4. The van der Waals surface area contributed by atoms with Crippen LogP contribution in [0.25, 0.3) is 0 Å². The van der Waals surface area contributed by atoms with E-state index < -0.39 is 11.6 Å². The third kappa shape index (κ3) is 2.46. The maximum absolute atomic E-state index is 13.4. The second-order valence-electron chi connectivity index (χ2n) is 3.79. The summed E-state index contributed by atoms with van der Waals surface area (Å²) in [7, 11) is 0. The summed E-state index contributed by atoms with van der Waals surface area (Å²) >= 11 is 0. The van der Waals surface area contributed by atoms with Crippen LogP contribution in [0.15, 0.2) is 30.5 Å². The highest BCUT2D eigenvalue weighted by atomic mass is 19.1. The Morgan fingerprint density at radius 1 is 1.28 bits per heavy atom. The van der Waals surface area contributed by atoms with Crippen LogP contribution < -0.4 is 10.5 Å². The van der Waals surface area contributed by atoms with Crippen LogP contribution in [0, 0.1) is 18.6 Å². The molecule has 0 bridgehead atoms. The van der Waals surface area contributed by atoms with Gasteiger partial charge in [0.2, 0.25) is 5.88 Å². The quantitative estimate of drug-likeness (QED) is 0.911. The van der Waals surface area contributed by atoms with Crippen molar-refractivity contribution in [2.24, 2.45) is 5.73 Å². The Kier molecular flexibility index (Phi) is 3.53. The predicted octanol–water partition coefficient (Wildman–Crippen LogP) is 2.92. The van der Waals surface area contributed by atoms with Crippen molar-refractivity contribution in [1.29, 1.82) is 0 Å². The molecule has 2 aromatic rings. The molecule has 0 fully saturated rings. The summed E-state index contributed by atoms with van der Waals surface area (Å²) in [6, 6.07) is 4.77. The molecule has 0 aliphatic heterocycles. The molecule has 0 atom stereocenters. The predicted molar refractivity (Wildman–Crippen MR) is 63.3 cm³/mol. The molecule has 1 aromatic carbocycles. The molecule has 3 nitrogen and oxygen atoms in total. The van der Waals surface area contributed by atoms with E-state index in [2.05, 4.69) is 4.98 Å². The summed E-state index contributed by atoms with van der Waals surface area (Å²) in [6.07, 6.45) is 1.53. The highest BCUT2D eigenvalue weighted by molar-refractivity contribution is 5.37. The Hall–Kier alpha value is -2.01. The molecule has 0 spiro atoms. The molecule has 5 heteroatoms. The smallest absolute Gasteiger partial charge is 0.224 e. The van der Waals surface area contributed by atoms with Gasteiger partial charge in [0.25, 0.3) is 0 Å². The maximum Gasteiger partial charge on any atom is 0.224 e. The molecule has 18 heavy (non-hydrogen) atoms. The Morgan fingerprint density at radius 3 is 2.78 bits per heavy atom. The molecule has 94 valence electrons. The highest BCUT2D eigenvalue weighted by Crippen LogP contribution is 2.27. The normalized spacial score (nSPS) is 10.4. The van der Waals surface area contributed by atoms with E-state index in [1.807, 2.05) is 6.92 Å². The van der Waals surface area contributed by atoms with Crippen LogP contribution in [0.3, 0.4) is 0 Å². The van der Waals surface area contributed by atoms with E-state index in [-0.39, 0.29) is 18.2 Å². The van der Waals surface area contributed by atoms with Gasteiger partial charge in [0.05, 0.1) is 0 Å². The molecule has 1 aromatic heterocycles. The van der Waals surface area contributed by atoms with Gasteiger partial charge < -0.3 is 10.5 Å². The summed E-state index contributed by atoms with van der Waals surface area (Å²) in [5.41, 5.74) is 7.14. The Bertz CT molecular complexity index is 573. The molecule has 0 saturated heterocycles. The third-order valence-electron chi connectivity index (χ3n) is 2.55. The maximum atomic E-state index is 13.4. The summed E-state index contributed by atoms with van der Waals surface area (Å²) in [5, 5.41) is 0. The highest BCUT2D eigenvalue weighted by Gasteiger charge is 2.11. The van der Waals surface area contributed by atoms with Crippen LogP contribution in [-0.4, -0.2) is 4.98 Å². The van der Waals surface area contributed by atoms with Crippen molar-refractivity contribution in [1.82, 2.24) is 4.98 Å². The van der Waals surface area contributed by atoms with Gasteiger partial charge in [-0.15, -0.1) is 0 Å². The van der Waals surface area contributed by atoms with E-state index in [0.717, 1.165) is 23.8 Å². The summed E-state index contributed by atoms with van der Waals surface area (Å²) in [5.74, 6) is -1.24. The SMILES string of the molecule is Cc1ccnc(Oc2cc(F)ccc2F)c1CN. The number of pyridine rings is 1. The molecular formula is C13H12F2N2O. The van der Waals surface area contributed by atoms with E-state index in [9.17, 15) is 8.78 Å². The van der Waals surface area contributed by atoms with Gasteiger partial charge in [0, 0.05) is 24.4 Å². The van der Waals surface area contributed by atoms with Crippen LogP contribution in [-0.2, 0) is 6.54 Å². The second kappa shape index (κ2) is 5.10. The van der Waals surface area contributed by atoms with Crippen molar-refractivity contribution < 1.29 is 13.5 Å².